The fraction of sp³-hybridized carbons (Fsp3) is 0.316. The van der Waals surface area contributed by atoms with Gasteiger partial charge in [0.25, 0.3) is 0 Å². The Bertz CT molecular complexity index is 621. The van der Waals surface area contributed by atoms with Crippen molar-refractivity contribution in [1.29, 1.82) is 0 Å². The summed E-state index contributed by atoms with van der Waals surface area (Å²) >= 11 is 0. The minimum absolute atomic E-state index is 0.185. The van der Waals surface area contributed by atoms with Crippen molar-refractivity contribution in [2.24, 2.45) is 0 Å². The van der Waals surface area contributed by atoms with Crippen molar-refractivity contribution in [3.05, 3.63) is 66.2 Å². The lowest BCUT2D eigenvalue weighted by atomic mass is 10.1. The molecule has 23 heavy (non-hydrogen) atoms. The molecule has 0 aliphatic rings. The third-order valence-electron chi connectivity index (χ3n) is 3.48. The Morgan fingerprint density at radius 1 is 0.957 bits per heavy atom. The second-order valence-corrected chi connectivity index (χ2v) is 6.33. The summed E-state index contributed by atoms with van der Waals surface area (Å²) < 4.78 is 0. The number of urea groups is 1. The lowest BCUT2D eigenvalue weighted by Gasteiger charge is -2.38. The summed E-state index contributed by atoms with van der Waals surface area (Å²) in [6.45, 7) is 6.42. The van der Waals surface area contributed by atoms with E-state index < -0.39 is 0 Å². The highest BCUT2D eigenvalue weighted by Gasteiger charge is 2.32. The van der Waals surface area contributed by atoms with Crippen molar-refractivity contribution in [2.45, 2.75) is 32.9 Å². The zero-order chi connectivity index (χ0) is 16.9. The minimum Gasteiger partial charge on any atom is -0.287 e. The maximum atomic E-state index is 13.1. The maximum absolute atomic E-state index is 13.1. The minimum atomic E-state index is -0.369. The molecule has 2 rings (SSSR count). The van der Waals surface area contributed by atoms with Crippen LogP contribution in [0.5, 0.6) is 0 Å². The SMILES string of the molecule is CON(Cc1ccccc1)C(=O)N(c1ccccc1)C(C)(C)C. The summed E-state index contributed by atoms with van der Waals surface area (Å²) in [5.74, 6) is 0. The molecule has 0 aliphatic carbocycles. The van der Waals surface area contributed by atoms with Crippen LogP contribution in [0, 0.1) is 0 Å². The molecular formula is C19H24N2O2. The van der Waals surface area contributed by atoms with E-state index in [0.29, 0.717) is 6.54 Å². The molecule has 0 atom stereocenters. The van der Waals surface area contributed by atoms with E-state index in [1.807, 2.05) is 81.4 Å². The fourth-order valence-corrected chi connectivity index (χ4v) is 2.43. The molecule has 0 radical (unpaired) electrons. The number of nitrogens with zero attached hydrogens (tertiary/aromatic N) is 2. The molecule has 0 bridgehead atoms. The smallest absolute Gasteiger partial charge is 0.287 e. The molecule has 0 fully saturated rings. The number of carbonyl (C=O) groups excluding carboxylic acids is 1. The molecule has 0 aromatic heterocycles. The van der Waals surface area contributed by atoms with Crippen molar-refractivity contribution in [2.75, 3.05) is 12.0 Å². The number of hydroxylamine groups is 2. The first kappa shape index (κ1) is 17.0. The van der Waals surface area contributed by atoms with Crippen LogP contribution in [0.25, 0.3) is 0 Å². The van der Waals surface area contributed by atoms with E-state index in [0.717, 1.165) is 11.3 Å². The zero-order valence-electron chi connectivity index (χ0n) is 14.2. The number of anilines is 1. The molecule has 0 N–H and O–H groups in total. The van der Waals surface area contributed by atoms with E-state index in [9.17, 15) is 4.79 Å². The van der Waals surface area contributed by atoms with Gasteiger partial charge < -0.3 is 0 Å². The van der Waals surface area contributed by atoms with E-state index in [-0.39, 0.29) is 11.6 Å². The highest BCUT2D eigenvalue weighted by atomic mass is 16.7. The highest BCUT2D eigenvalue weighted by Crippen LogP contribution is 2.25. The molecule has 0 aliphatic heterocycles. The summed E-state index contributed by atoms with van der Waals surface area (Å²) in [5, 5.41) is 1.38. The van der Waals surface area contributed by atoms with Crippen LogP contribution in [0.1, 0.15) is 26.3 Å². The van der Waals surface area contributed by atoms with Crippen LogP contribution in [0.4, 0.5) is 10.5 Å². The van der Waals surface area contributed by atoms with Crippen LogP contribution >= 0.6 is 0 Å². The maximum Gasteiger partial charge on any atom is 0.349 e. The van der Waals surface area contributed by atoms with E-state index in [4.69, 9.17) is 4.84 Å². The topological polar surface area (TPSA) is 32.8 Å². The number of carbonyl (C=O) groups is 1. The lowest BCUT2D eigenvalue weighted by molar-refractivity contribution is -0.0918. The quantitative estimate of drug-likeness (QED) is 0.780. The van der Waals surface area contributed by atoms with Crippen molar-refractivity contribution >= 4 is 11.7 Å². The molecule has 0 saturated heterocycles. The molecule has 2 aromatic carbocycles. The van der Waals surface area contributed by atoms with Gasteiger partial charge in [0.1, 0.15) is 0 Å². The molecule has 0 spiro atoms. The zero-order valence-corrected chi connectivity index (χ0v) is 14.2. The molecule has 0 heterocycles. The normalized spacial score (nSPS) is 11.1. The summed E-state index contributed by atoms with van der Waals surface area (Å²) in [6, 6.07) is 19.3. The van der Waals surface area contributed by atoms with Crippen LogP contribution in [0.15, 0.2) is 60.7 Å². The Hall–Kier alpha value is -2.33. The van der Waals surface area contributed by atoms with Gasteiger partial charge in [-0.15, -0.1) is 0 Å². The van der Waals surface area contributed by atoms with E-state index >= 15 is 0 Å². The number of hydrogen-bond acceptors (Lipinski definition) is 2. The van der Waals surface area contributed by atoms with Crippen LogP contribution in [0.2, 0.25) is 0 Å². The fourth-order valence-electron chi connectivity index (χ4n) is 2.43. The standard InChI is InChI=1S/C19H24N2O2/c1-19(2,3)21(17-13-9-6-10-14-17)18(22)20(23-4)15-16-11-7-5-8-12-16/h5-14H,15H2,1-4H3. The number of rotatable bonds is 4. The van der Waals surface area contributed by atoms with Gasteiger partial charge in [-0.1, -0.05) is 48.5 Å². The van der Waals surface area contributed by atoms with Gasteiger partial charge >= 0.3 is 6.03 Å². The highest BCUT2D eigenvalue weighted by molar-refractivity contribution is 5.92. The second-order valence-electron chi connectivity index (χ2n) is 6.33. The van der Waals surface area contributed by atoms with Crippen LogP contribution in [0.3, 0.4) is 0 Å². The van der Waals surface area contributed by atoms with E-state index in [2.05, 4.69) is 0 Å². The Morgan fingerprint density at radius 3 is 1.96 bits per heavy atom. The molecule has 0 saturated carbocycles. The van der Waals surface area contributed by atoms with Crippen molar-refractivity contribution < 1.29 is 9.63 Å². The van der Waals surface area contributed by atoms with Crippen molar-refractivity contribution in [3.8, 4) is 0 Å². The van der Waals surface area contributed by atoms with Crippen molar-refractivity contribution in [1.82, 2.24) is 5.06 Å². The van der Waals surface area contributed by atoms with Gasteiger partial charge in [0.05, 0.1) is 13.7 Å². The summed E-state index contributed by atoms with van der Waals surface area (Å²) in [4.78, 5) is 20.2. The van der Waals surface area contributed by atoms with Gasteiger partial charge in [-0.2, -0.15) is 5.06 Å². The van der Waals surface area contributed by atoms with Crippen LogP contribution < -0.4 is 4.90 Å². The van der Waals surface area contributed by atoms with Gasteiger partial charge in [0, 0.05) is 11.2 Å². The molecular weight excluding hydrogens is 288 g/mol. The molecule has 2 amide bonds. The number of benzene rings is 2. The second kappa shape index (κ2) is 7.29. The Morgan fingerprint density at radius 2 is 1.48 bits per heavy atom. The van der Waals surface area contributed by atoms with Gasteiger partial charge in [0.15, 0.2) is 0 Å². The third kappa shape index (κ3) is 4.33. The molecule has 2 aromatic rings. The Kier molecular flexibility index (Phi) is 5.40. The summed E-state index contributed by atoms with van der Waals surface area (Å²) in [5.41, 5.74) is 1.50. The number of hydrogen-bond donors (Lipinski definition) is 0. The molecule has 4 nitrogen and oxygen atoms in total. The molecule has 4 heteroatoms. The number of para-hydroxylation sites is 1. The third-order valence-corrected chi connectivity index (χ3v) is 3.48. The van der Waals surface area contributed by atoms with E-state index in [1.54, 1.807) is 4.90 Å². The first-order chi connectivity index (χ1) is 10.9. The predicted molar refractivity (Wildman–Crippen MR) is 93.1 cm³/mol. The van der Waals surface area contributed by atoms with Gasteiger partial charge in [-0.25, -0.2) is 4.79 Å². The Balaban J connectivity index is 2.28. The van der Waals surface area contributed by atoms with Gasteiger partial charge in [-0.05, 0) is 38.5 Å². The first-order valence-corrected chi connectivity index (χ1v) is 7.68. The predicted octanol–water partition coefficient (Wildman–Crippen LogP) is 4.48. The van der Waals surface area contributed by atoms with E-state index in [1.165, 1.54) is 12.2 Å². The van der Waals surface area contributed by atoms with Gasteiger partial charge in [-0.3, -0.25) is 9.74 Å². The largest absolute Gasteiger partial charge is 0.349 e. The van der Waals surface area contributed by atoms with Gasteiger partial charge in [0.2, 0.25) is 0 Å². The molecule has 0 unspecified atom stereocenters. The summed E-state index contributed by atoms with van der Waals surface area (Å²) in [6.07, 6.45) is 0. The molecule has 122 valence electrons. The van der Waals surface area contributed by atoms with Crippen molar-refractivity contribution in [3.63, 3.8) is 0 Å². The average Bonchev–Trinajstić information content (AvgIpc) is 2.53. The summed E-state index contributed by atoms with van der Waals surface area (Å²) in [7, 11) is 1.52. The monoisotopic (exact) mass is 312 g/mol. The lowest BCUT2D eigenvalue weighted by Crippen LogP contribution is -2.51. The first-order valence-electron chi connectivity index (χ1n) is 7.68. The number of amides is 2. The average molecular weight is 312 g/mol. The van der Waals surface area contributed by atoms with Crippen LogP contribution in [-0.2, 0) is 11.4 Å². The Labute approximate surface area is 138 Å². The van der Waals surface area contributed by atoms with Crippen LogP contribution in [-0.4, -0.2) is 23.7 Å².